The molecule has 0 atom stereocenters. The molecule has 0 bridgehead atoms. The van der Waals surface area contributed by atoms with Crippen molar-refractivity contribution in [2.24, 2.45) is 0 Å². The third kappa shape index (κ3) is 4.65. The minimum absolute atomic E-state index is 0.0854. The number of hydrogen-bond acceptors (Lipinski definition) is 5. The molecule has 4 rings (SSSR count). The largest absolute Gasteiger partial charge is 0.378 e. The molecule has 3 aromatic rings. The van der Waals surface area contributed by atoms with Crippen LogP contribution >= 0.6 is 11.3 Å². The molecule has 1 aliphatic heterocycles. The maximum atomic E-state index is 13.5. The molecule has 2 heterocycles. The molecule has 0 radical (unpaired) electrons. The number of aryl methyl sites for hydroxylation is 2. The standard InChI is InChI=1S/C25H22FN3O3S/c1-16-3-8-21(17(2)13-16)29-24(31)22(14-18-4-6-19(26)7-5-18)33-25(29)20(15-27)23(30)28-9-11-32-12-10-28/h3-8,13-14H,9-12H2,1-2H3/b22-14+,25-20-. The number of thiazole rings is 1. The van der Waals surface area contributed by atoms with Crippen molar-refractivity contribution in [2.45, 2.75) is 13.8 Å². The summed E-state index contributed by atoms with van der Waals surface area (Å²) in [6.07, 6.45) is 1.64. The second kappa shape index (κ2) is 9.53. The van der Waals surface area contributed by atoms with Gasteiger partial charge in [0.1, 0.15) is 16.5 Å². The molecule has 1 aromatic heterocycles. The van der Waals surface area contributed by atoms with Gasteiger partial charge in [0.2, 0.25) is 0 Å². The van der Waals surface area contributed by atoms with Crippen molar-refractivity contribution in [1.82, 2.24) is 9.47 Å². The van der Waals surface area contributed by atoms with Crippen molar-refractivity contribution < 1.29 is 13.9 Å². The maximum Gasteiger partial charge on any atom is 0.273 e. The molecular weight excluding hydrogens is 441 g/mol. The zero-order chi connectivity index (χ0) is 23.5. The summed E-state index contributed by atoms with van der Waals surface area (Å²) < 4.78 is 20.7. The summed E-state index contributed by atoms with van der Waals surface area (Å²) in [5.74, 6) is -0.795. The van der Waals surface area contributed by atoms with Gasteiger partial charge >= 0.3 is 0 Å². The fraction of sp³-hybridized carbons (Fsp3) is 0.240. The Balaban J connectivity index is 2.01. The van der Waals surface area contributed by atoms with Crippen LogP contribution in [0.2, 0.25) is 0 Å². The molecule has 0 aliphatic carbocycles. The third-order valence-corrected chi connectivity index (χ3v) is 6.51. The van der Waals surface area contributed by atoms with Gasteiger partial charge in [0.05, 0.1) is 23.4 Å². The zero-order valence-corrected chi connectivity index (χ0v) is 19.1. The van der Waals surface area contributed by atoms with Gasteiger partial charge < -0.3 is 9.64 Å². The number of nitrogens with zero attached hydrogens (tertiary/aromatic N) is 3. The van der Waals surface area contributed by atoms with Crippen LogP contribution in [0, 0.1) is 31.0 Å². The summed E-state index contributed by atoms with van der Waals surface area (Å²) in [7, 11) is 0. The summed E-state index contributed by atoms with van der Waals surface area (Å²) in [6, 6.07) is 13.5. The highest BCUT2D eigenvalue weighted by Gasteiger charge is 2.24. The number of amides is 1. The molecule has 33 heavy (non-hydrogen) atoms. The molecule has 0 spiro atoms. The Kier molecular flexibility index (Phi) is 6.54. The number of aromatic nitrogens is 1. The Morgan fingerprint density at radius 2 is 1.85 bits per heavy atom. The second-order valence-corrected chi connectivity index (χ2v) is 8.82. The predicted molar refractivity (Wildman–Crippen MR) is 125 cm³/mol. The first kappa shape index (κ1) is 22.6. The lowest BCUT2D eigenvalue weighted by Crippen LogP contribution is -2.42. The Hall–Kier alpha value is -3.54. The van der Waals surface area contributed by atoms with E-state index in [0.717, 1.165) is 22.5 Å². The summed E-state index contributed by atoms with van der Waals surface area (Å²) in [5, 5.41) is 9.96. The lowest BCUT2D eigenvalue weighted by Gasteiger charge is -2.26. The quantitative estimate of drug-likeness (QED) is 0.596. The van der Waals surface area contributed by atoms with Crippen molar-refractivity contribution in [1.29, 1.82) is 5.26 Å². The van der Waals surface area contributed by atoms with Crippen molar-refractivity contribution in [3.8, 4) is 11.8 Å². The second-order valence-electron chi connectivity index (χ2n) is 7.79. The fourth-order valence-electron chi connectivity index (χ4n) is 3.75. The Bertz CT molecular complexity index is 1430. The highest BCUT2D eigenvalue weighted by Crippen LogP contribution is 2.14. The molecule has 6 nitrogen and oxygen atoms in total. The number of ether oxygens (including phenoxy) is 1. The van der Waals surface area contributed by atoms with Crippen LogP contribution in [0.5, 0.6) is 0 Å². The number of halogens is 1. The van der Waals surface area contributed by atoms with Crippen LogP contribution in [-0.2, 0) is 9.53 Å². The first-order valence-corrected chi connectivity index (χ1v) is 11.3. The minimum Gasteiger partial charge on any atom is -0.378 e. The minimum atomic E-state index is -0.422. The normalized spacial score (nSPS) is 15.3. The highest BCUT2D eigenvalue weighted by molar-refractivity contribution is 7.07. The number of morpholine rings is 1. The van der Waals surface area contributed by atoms with E-state index < -0.39 is 5.91 Å². The number of nitriles is 1. The number of hydrogen-bond donors (Lipinski definition) is 0. The van der Waals surface area contributed by atoms with Gasteiger partial charge in [0, 0.05) is 13.1 Å². The fourth-order valence-corrected chi connectivity index (χ4v) is 4.84. The molecule has 168 valence electrons. The van der Waals surface area contributed by atoms with E-state index in [0.29, 0.717) is 42.1 Å². The molecular formula is C25H22FN3O3S. The molecule has 2 aromatic carbocycles. The average Bonchev–Trinajstić information content (AvgIpc) is 3.12. The Morgan fingerprint density at radius 1 is 1.15 bits per heavy atom. The van der Waals surface area contributed by atoms with E-state index in [9.17, 15) is 19.2 Å². The number of benzene rings is 2. The van der Waals surface area contributed by atoms with Crippen LogP contribution in [0.25, 0.3) is 17.3 Å². The summed E-state index contributed by atoms with van der Waals surface area (Å²) in [5.41, 5.74) is 2.71. The molecule has 1 fully saturated rings. The highest BCUT2D eigenvalue weighted by atomic mass is 32.1. The summed E-state index contributed by atoms with van der Waals surface area (Å²) >= 11 is 1.08. The van der Waals surface area contributed by atoms with Gasteiger partial charge in [-0.15, -0.1) is 11.3 Å². The summed E-state index contributed by atoms with van der Waals surface area (Å²) in [6.45, 7) is 5.42. The number of carbonyl (C=O) groups is 1. The van der Waals surface area contributed by atoms with Gasteiger partial charge in [-0.3, -0.25) is 14.2 Å². The lowest BCUT2D eigenvalue weighted by atomic mass is 10.1. The molecule has 0 unspecified atom stereocenters. The number of rotatable bonds is 3. The predicted octanol–water partition coefficient (Wildman–Crippen LogP) is 2.02. The van der Waals surface area contributed by atoms with E-state index in [4.69, 9.17) is 4.74 Å². The number of carbonyl (C=O) groups excluding carboxylic acids is 1. The molecule has 1 aliphatic rings. The van der Waals surface area contributed by atoms with Crippen molar-refractivity contribution in [2.75, 3.05) is 26.3 Å². The molecule has 0 N–H and O–H groups in total. The van der Waals surface area contributed by atoms with E-state index in [-0.39, 0.29) is 21.6 Å². The van der Waals surface area contributed by atoms with E-state index >= 15 is 0 Å². The first-order valence-electron chi connectivity index (χ1n) is 10.5. The van der Waals surface area contributed by atoms with Crippen molar-refractivity contribution in [3.63, 3.8) is 0 Å². The van der Waals surface area contributed by atoms with E-state index in [1.807, 2.05) is 38.1 Å². The lowest BCUT2D eigenvalue weighted by molar-refractivity contribution is -0.128. The van der Waals surface area contributed by atoms with Gasteiger partial charge in [-0.05, 0) is 49.2 Å². The van der Waals surface area contributed by atoms with Gasteiger partial charge in [0.25, 0.3) is 11.5 Å². The molecule has 1 saturated heterocycles. The summed E-state index contributed by atoms with van der Waals surface area (Å²) in [4.78, 5) is 28.3. The van der Waals surface area contributed by atoms with Crippen LogP contribution in [0.15, 0.2) is 47.3 Å². The molecule has 8 heteroatoms. The van der Waals surface area contributed by atoms with E-state index in [1.165, 1.54) is 16.7 Å². The third-order valence-electron chi connectivity index (χ3n) is 5.42. The van der Waals surface area contributed by atoms with Gasteiger partial charge in [-0.1, -0.05) is 29.8 Å². The Labute approximate surface area is 194 Å². The molecule has 1 amide bonds. The van der Waals surface area contributed by atoms with E-state index in [2.05, 4.69) is 0 Å². The first-order chi connectivity index (χ1) is 15.9. The van der Waals surface area contributed by atoms with Crippen molar-refractivity contribution >= 4 is 28.9 Å². The van der Waals surface area contributed by atoms with Crippen LogP contribution in [0.1, 0.15) is 16.7 Å². The maximum absolute atomic E-state index is 13.5. The van der Waals surface area contributed by atoms with Crippen LogP contribution in [0.3, 0.4) is 0 Å². The van der Waals surface area contributed by atoms with E-state index in [1.54, 1.807) is 23.1 Å². The Morgan fingerprint density at radius 3 is 2.48 bits per heavy atom. The van der Waals surface area contributed by atoms with Crippen LogP contribution in [-0.4, -0.2) is 41.7 Å². The average molecular weight is 464 g/mol. The molecule has 0 saturated carbocycles. The van der Waals surface area contributed by atoms with Gasteiger partial charge in [0.15, 0.2) is 5.57 Å². The SMILES string of the molecule is Cc1ccc(-n2c(=O)/c(=C\c3ccc(F)cc3)s/c2=C(/C#N)C(=O)N2CCOCC2)c(C)c1. The van der Waals surface area contributed by atoms with Crippen LogP contribution < -0.4 is 14.8 Å². The zero-order valence-electron chi connectivity index (χ0n) is 18.3. The van der Waals surface area contributed by atoms with Crippen molar-refractivity contribution in [3.05, 3.63) is 84.5 Å². The van der Waals surface area contributed by atoms with Crippen LogP contribution in [0.4, 0.5) is 4.39 Å². The topological polar surface area (TPSA) is 75.3 Å². The monoisotopic (exact) mass is 463 g/mol. The van der Waals surface area contributed by atoms with Gasteiger partial charge in [-0.2, -0.15) is 5.26 Å². The smallest absolute Gasteiger partial charge is 0.273 e. The van der Waals surface area contributed by atoms with Gasteiger partial charge in [-0.25, -0.2) is 4.39 Å².